The van der Waals surface area contributed by atoms with Crippen LogP contribution in [0.1, 0.15) is 64.0 Å². The number of unbranched alkanes of at least 4 members (excludes halogenated alkanes) is 1. The quantitative estimate of drug-likeness (QED) is 0.222. The summed E-state index contributed by atoms with van der Waals surface area (Å²) in [7, 11) is 0. The zero-order valence-electron chi connectivity index (χ0n) is 19.1. The van der Waals surface area contributed by atoms with Crippen molar-refractivity contribution in [1.82, 2.24) is 15.3 Å². The van der Waals surface area contributed by atoms with E-state index in [2.05, 4.69) is 83.0 Å². The minimum atomic E-state index is -1.05. The van der Waals surface area contributed by atoms with Crippen LogP contribution < -0.4 is 5.32 Å². The highest BCUT2D eigenvalue weighted by molar-refractivity contribution is 5.83. The van der Waals surface area contributed by atoms with Crippen molar-refractivity contribution in [2.75, 3.05) is 0 Å². The van der Waals surface area contributed by atoms with E-state index in [9.17, 15) is 14.7 Å². The average molecular weight is 440 g/mol. The molecule has 32 heavy (non-hydrogen) atoms. The molecule has 0 saturated carbocycles. The maximum absolute atomic E-state index is 12.0. The smallest absolute Gasteiger partial charge is 0.326 e. The van der Waals surface area contributed by atoms with E-state index >= 15 is 0 Å². The van der Waals surface area contributed by atoms with Gasteiger partial charge in [0.15, 0.2) is 0 Å². The Balaban J connectivity index is 2.07. The number of aromatic nitrogens is 2. The predicted octanol–water partition coefficient (Wildman–Crippen LogP) is 5.44. The Labute approximate surface area is 191 Å². The van der Waals surface area contributed by atoms with Crippen molar-refractivity contribution in [2.45, 2.75) is 70.8 Å². The molecule has 0 aromatic carbocycles. The van der Waals surface area contributed by atoms with Crippen molar-refractivity contribution in [1.29, 1.82) is 0 Å². The van der Waals surface area contributed by atoms with E-state index in [0.29, 0.717) is 18.5 Å². The summed E-state index contributed by atoms with van der Waals surface area (Å²) in [5, 5.41) is 11.8. The number of nitrogens with one attached hydrogen (secondary N) is 2. The van der Waals surface area contributed by atoms with Gasteiger partial charge in [-0.25, -0.2) is 9.78 Å². The van der Waals surface area contributed by atoms with Gasteiger partial charge in [0.1, 0.15) is 6.04 Å². The lowest BCUT2D eigenvalue weighted by atomic mass is 10.1. The highest BCUT2D eigenvalue weighted by Gasteiger charge is 2.20. The molecule has 1 atom stereocenters. The minimum Gasteiger partial charge on any atom is -0.480 e. The van der Waals surface area contributed by atoms with Gasteiger partial charge >= 0.3 is 5.97 Å². The zero-order valence-corrected chi connectivity index (χ0v) is 19.1. The maximum Gasteiger partial charge on any atom is 0.326 e. The predicted molar refractivity (Wildman–Crippen MR) is 130 cm³/mol. The Bertz CT molecular complexity index is 774. The number of hydrogen-bond acceptors (Lipinski definition) is 3. The van der Waals surface area contributed by atoms with Gasteiger partial charge in [0, 0.05) is 24.7 Å². The summed E-state index contributed by atoms with van der Waals surface area (Å²) in [5.74, 6) is -1.30. The number of nitrogens with zero attached hydrogens (tertiary/aromatic N) is 1. The Morgan fingerprint density at radius 3 is 2.03 bits per heavy atom. The highest BCUT2D eigenvalue weighted by atomic mass is 16.4. The van der Waals surface area contributed by atoms with Crippen LogP contribution in [0.4, 0.5) is 0 Å². The number of hydrogen-bond donors (Lipinski definition) is 3. The lowest BCUT2D eigenvalue weighted by molar-refractivity contribution is -0.141. The van der Waals surface area contributed by atoms with E-state index in [1.54, 1.807) is 6.20 Å². The summed E-state index contributed by atoms with van der Waals surface area (Å²) in [4.78, 5) is 30.0. The van der Waals surface area contributed by atoms with Gasteiger partial charge in [-0.3, -0.25) is 4.79 Å². The highest BCUT2D eigenvalue weighted by Crippen LogP contribution is 2.03. The number of carboxylic acid groups (broad SMARTS) is 1. The lowest BCUT2D eigenvalue weighted by Gasteiger charge is -2.13. The van der Waals surface area contributed by atoms with Crippen molar-refractivity contribution < 1.29 is 14.7 Å². The second kappa shape index (κ2) is 18.6. The zero-order chi connectivity index (χ0) is 23.3. The van der Waals surface area contributed by atoms with E-state index in [4.69, 9.17) is 0 Å². The van der Waals surface area contributed by atoms with Crippen LogP contribution in [-0.4, -0.2) is 33.0 Å². The van der Waals surface area contributed by atoms with E-state index in [0.717, 1.165) is 38.5 Å². The van der Waals surface area contributed by atoms with Gasteiger partial charge in [-0.2, -0.15) is 0 Å². The summed E-state index contributed by atoms with van der Waals surface area (Å²) in [6, 6.07) is -0.948. The molecule has 0 aliphatic rings. The molecule has 0 aliphatic heterocycles. The molecule has 0 bridgehead atoms. The van der Waals surface area contributed by atoms with Gasteiger partial charge in [-0.05, 0) is 44.9 Å². The number of rotatable bonds is 17. The van der Waals surface area contributed by atoms with E-state index in [1.165, 1.54) is 6.33 Å². The van der Waals surface area contributed by atoms with Gasteiger partial charge in [-0.15, -0.1) is 0 Å². The fourth-order valence-electron chi connectivity index (χ4n) is 2.83. The van der Waals surface area contributed by atoms with Gasteiger partial charge in [0.2, 0.25) is 5.91 Å². The number of carbonyl (C=O) groups excluding carboxylic acids is 1. The fourth-order valence-corrected chi connectivity index (χ4v) is 2.83. The molecule has 3 N–H and O–H groups in total. The summed E-state index contributed by atoms with van der Waals surface area (Å²) >= 11 is 0. The molecule has 1 amide bonds. The van der Waals surface area contributed by atoms with Crippen molar-refractivity contribution in [3.05, 3.63) is 79.0 Å². The van der Waals surface area contributed by atoms with E-state index in [1.807, 2.05) is 0 Å². The van der Waals surface area contributed by atoms with Crippen LogP contribution in [0.3, 0.4) is 0 Å². The fraction of sp³-hybridized carbons (Fsp3) is 0.423. The average Bonchev–Trinajstić information content (AvgIpc) is 3.28. The van der Waals surface area contributed by atoms with Crippen molar-refractivity contribution in [3.8, 4) is 0 Å². The van der Waals surface area contributed by atoms with Crippen LogP contribution in [-0.2, 0) is 16.0 Å². The Hall–Kier alpha value is -3.15. The molecule has 6 nitrogen and oxygen atoms in total. The first-order valence-corrected chi connectivity index (χ1v) is 11.4. The number of carbonyl (C=O) groups is 2. The number of carboxylic acids is 1. The third-order valence-electron chi connectivity index (χ3n) is 4.54. The molecular weight excluding hydrogens is 402 g/mol. The minimum absolute atomic E-state index is 0.190. The second-order valence-electron chi connectivity index (χ2n) is 7.34. The molecule has 6 heteroatoms. The molecule has 1 aromatic heterocycles. The molecule has 0 spiro atoms. The molecule has 0 radical (unpaired) electrons. The van der Waals surface area contributed by atoms with Crippen LogP contribution in [0.5, 0.6) is 0 Å². The second-order valence-corrected chi connectivity index (χ2v) is 7.34. The number of aliphatic carboxylic acids is 1. The molecular formula is C26H37N3O3. The lowest BCUT2D eigenvalue weighted by Crippen LogP contribution is -2.42. The van der Waals surface area contributed by atoms with Crippen molar-refractivity contribution >= 4 is 11.9 Å². The Morgan fingerprint density at radius 1 is 0.969 bits per heavy atom. The Kier molecular flexibility index (Phi) is 15.6. The summed E-state index contributed by atoms with van der Waals surface area (Å²) in [5.41, 5.74) is 0.677. The molecule has 0 saturated heterocycles. The third-order valence-corrected chi connectivity index (χ3v) is 4.54. The van der Waals surface area contributed by atoms with Gasteiger partial charge in [0.25, 0.3) is 0 Å². The number of allylic oxidation sites excluding steroid dienone is 10. The molecule has 174 valence electrons. The first-order valence-electron chi connectivity index (χ1n) is 11.4. The third kappa shape index (κ3) is 14.8. The van der Waals surface area contributed by atoms with Crippen molar-refractivity contribution in [2.24, 2.45) is 0 Å². The van der Waals surface area contributed by atoms with Gasteiger partial charge in [0.05, 0.1) is 6.33 Å². The maximum atomic E-state index is 12.0. The molecule has 0 aliphatic carbocycles. The van der Waals surface area contributed by atoms with Gasteiger partial charge < -0.3 is 15.4 Å². The van der Waals surface area contributed by atoms with E-state index in [-0.39, 0.29) is 12.3 Å². The number of imidazole rings is 1. The Morgan fingerprint density at radius 2 is 1.53 bits per heavy atom. The molecule has 0 fully saturated rings. The van der Waals surface area contributed by atoms with Crippen LogP contribution in [0.15, 0.2) is 73.3 Å². The van der Waals surface area contributed by atoms with Crippen LogP contribution >= 0.6 is 0 Å². The first kappa shape index (κ1) is 26.9. The summed E-state index contributed by atoms with van der Waals surface area (Å²) in [6.45, 7) is 2.14. The molecule has 1 rings (SSSR count). The monoisotopic (exact) mass is 439 g/mol. The standard InChI is InChI=1S/C26H37N3O3/c1-2-3-4-5-6-7-8-9-10-11-12-13-14-15-16-17-18-19-25(30)29-24(26(31)32)20-23-21-27-22-28-23/h3-4,6-7,9-10,12-13,15-16,21-22,24H,2,5,8,11,14,17-20H2,1H3,(H,27,28)(H,29,30)(H,31,32)/b4-3+,7-6+,10-9+,13-12+,16-15+. The van der Waals surface area contributed by atoms with Gasteiger partial charge in [-0.1, -0.05) is 67.7 Å². The molecule has 1 unspecified atom stereocenters. The van der Waals surface area contributed by atoms with Crippen LogP contribution in [0, 0.1) is 0 Å². The molecule has 1 aromatic rings. The number of amides is 1. The van der Waals surface area contributed by atoms with Crippen LogP contribution in [0.25, 0.3) is 0 Å². The normalized spacial score (nSPS) is 13.3. The van der Waals surface area contributed by atoms with Crippen molar-refractivity contribution in [3.63, 3.8) is 0 Å². The summed E-state index contributed by atoms with van der Waals surface area (Å²) in [6.07, 6.45) is 31.4. The van der Waals surface area contributed by atoms with Crippen LogP contribution in [0.2, 0.25) is 0 Å². The van der Waals surface area contributed by atoms with E-state index < -0.39 is 12.0 Å². The number of H-pyrrole nitrogens is 1. The first-order chi connectivity index (χ1) is 15.6. The largest absolute Gasteiger partial charge is 0.480 e. The molecule has 1 heterocycles. The topological polar surface area (TPSA) is 95.1 Å². The number of aromatic amines is 1. The summed E-state index contributed by atoms with van der Waals surface area (Å²) < 4.78 is 0. The SMILES string of the molecule is CC/C=C/C/C=C/C/C=C/C/C=C/C/C=C/CCCC(=O)NC(Cc1cnc[nH]1)C(=O)O.